The molecule has 2 heterocycles. The average molecular weight is 424 g/mol. The highest BCUT2D eigenvalue weighted by Crippen LogP contribution is 2.43. The lowest BCUT2D eigenvalue weighted by atomic mass is 9.93. The van der Waals surface area contributed by atoms with Crippen molar-refractivity contribution in [3.8, 4) is 5.75 Å². The molecule has 4 N–H and O–H groups in total. The molecule has 0 radical (unpaired) electrons. The molecular formula is C24H28N2O5. The molecule has 1 aliphatic carbocycles. The number of ether oxygens (including phenoxy) is 1. The number of likely N-dealkylation sites (tertiary alicyclic amines) is 1. The van der Waals surface area contributed by atoms with Crippen LogP contribution in [0.3, 0.4) is 0 Å². The maximum absolute atomic E-state index is 11.5. The number of hydrogen-bond acceptors (Lipinski definition) is 6. The Hall–Kier alpha value is -2.45. The molecule has 0 spiro atoms. The van der Waals surface area contributed by atoms with Gasteiger partial charge in [0.1, 0.15) is 23.6 Å². The highest BCUT2D eigenvalue weighted by atomic mass is 16.5. The molecule has 3 aliphatic rings. The minimum atomic E-state index is -1.24. The van der Waals surface area contributed by atoms with Crippen molar-refractivity contribution in [2.75, 3.05) is 25.0 Å². The number of nitrogens with zero attached hydrogens (tertiary/aromatic N) is 1. The first-order valence-corrected chi connectivity index (χ1v) is 10.9. The zero-order valence-corrected chi connectivity index (χ0v) is 17.3. The van der Waals surface area contributed by atoms with Crippen LogP contribution in [-0.4, -0.2) is 63.6 Å². The Kier molecular flexibility index (Phi) is 5.22. The Morgan fingerprint density at radius 2 is 2.00 bits per heavy atom. The first-order chi connectivity index (χ1) is 14.9. The van der Waals surface area contributed by atoms with Crippen molar-refractivity contribution >= 4 is 11.6 Å². The number of nitrogens with one attached hydrogen (secondary N) is 1. The zero-order valence-electron chi connectivity index (χ0n) is 17.3. The van der Waals surface area contributed by atoms with Crippen LogP contribution in [0.25, 0.3) is 0 Å². The number of aliphatic hydroxyl groups excluding tert-OH is 2. The Labute approximate surface area is 181 Å². The van der Waals surface area contributed by atoms with E-state index >= 15 is 0 Å². The Bertz CT molecular complexity index is 968. The molecule has 2 aromatic rings. The molecule has 2 aliphatic heterocycles. The summed E-state index contributed by atoms with van der Waals surface area (Å²) in [5.74, 6) is 0.596. The first kappa shape index (κ1) is 20.5. The van der Waals surface area contributed by atoms with Gasteiger partial charge in [0.15, 0.2) is 0 Å². The van der Waals surface area contributed by atoms with Crippen LogP contribution in [0.5, 0.6) is 5.75 Å². The molecule has 5 atom stereocenters. The van der Waals surface area contributed by atoms with E-state index in [2.05, 4.69) is 5.32 Å². The summed E-state index contributed by atoms with van der Waals surface area (Å²) in [4.78, 5) is 13.5. The molecule has 0 unspecified atom stereocenters. The van der Waals surface area contributed by atoms with Crippen LogP contribution in [0.4, 0.5) is 5.69 Å². The Morgan fingerprint density at radius 3 is 2.77 bits per heavy atom. The van der Waals surface area contributed by atoms with E-state index in [1.54, 1.807) is 0 Å². The normalized spacial score (nSPS) is 31.1. The predicted octanol–water partition coefficient (Wildman–Crippen LogP) is 1.48. The molecular weight excluding hydrogens is 396 g/mol. The number of β-amino-alcohol motifs (C(OH)–C–C–N with tert-alkyl or cyclic N) is 2. The first-order valence-electron chi connectivity index (χ1n) is 10.9. The standard InChI is InChI=1S/C24H28N2O5/c27-20(16-6-8-19-15(10-16)7-9-22(28)25-19)13-26-12-17-11-21(23(29)24(17,30)14-26)31-18-4-2-1-3-5-18/h1-6,8,10,17,20-21,23,27,29-30H,7,9,11-14H2,(H,25,28)/t17-,20-,21+,23+,24-/m1/s1. The summed E-state index contributed by atoms with van der Waals surface area (Å²) in [7, 11) is 0. The number of hydrogen-bond donors (Lipinski definition) is 4. The maximum atomic E-state index is 11.5. The van der Waals surface area contributed by atoms with Gasteiger partial charge in [-0.1, -0.05) is 30.3 Å². The fourth-order valence-corrected chi connectivity index (χ4v) is 5.25. The van der Waals surface area contributed by atoms with Crippen LogP contribution in [0.2, 0.25) is 0 Å². The van der Waals surface area contributed by atoms with Gasteiger partial charge in [-0.25, -0.2) is 0 Å². The van der Waals surface area contributed by atoms with Gasteiger partial charge in [0.05, 0.1) is 6.10 Å². The van der Waals surface area contributed by atoms with Crippen molar-refractivity contribution in [2.24, 2.45) is 5.92 Å². The van der Waals surface area contributed by atoms with E-state index in [0.29, 0.717) is 44.6 Å². The van der Waals surface area contributed by atoms with Gasteiger partial charge < -0.3 is 25.4 Å². The fourth-order valence-electron chi connectivity index (χ4n) is 5.25. The predicted molar refractivity (Wildman–Crippen MR) is 115 cm³/mol. The van der Waals surface area contributed by atoms with Gasteiger partial charge in [0.2, 0.25) is 5.91 Å². The molecule has 164 valence electrons. The maximum Gasteiger partial charge on any atom is 0.224 e. The van der Waals surface area contributed by atoms with E-state index < -0.39 is 23.9 Å². The van der Waals surface area contributed by atoms with Gasteiger partial charge in [0, 0.05) is 37.7 Å². The monoisotopic (exact) mass is 424 g/mol. The summed E-state index contributed by atoms with van der Waals surface area (Å²) in [6, 6.07) is 15.0. The van der Waals surface area contributed by atoms with E-state index in [4.69, 9.17) is 4.74 Å². The van der Waals surface area contributed by atoms with Crippen LogP contribution in [0.15, 0.2) is 48.5 Å². The molecule has 1 amide bonds. The second-order valence-electron chi connectivity index (χ2n) is 9.01. The largest absolute Gasteiger partial charge is 0.488 e. The third kappa shape index (κ3) is 3.83. The number of anilines is 1. The number of aryl methyl sites for hydroxylation is 1. The van der Waals surface area contributed by atoms with Crippen molar-refractivity contribution < 1.29 is 24.9 Å². The molecule has 31 heavy (non-hydrogen) atoms. The Balaban J connectivity index is 1.22. The fraction of sp³-hybridized carbons (Fsp3) is 0.458. The Morgan fingerprint density at radius 1 is 1.19 bits per heavy atom. The van der Waals surface area contributed by atoms with Gasteiger partial charge in [-0.15, -0.1) is 0 Å². The van der Waals surface area contributed by atoms with Gasteiger partial charge >= 0.3 is 0 Å². The van der Waals surface area contributed by atoms with Crippen LogP contribution < -0.4 is 10.1 Å². The third-order valence-electron chi connectivity index (χ3n) is 6.91. The smallest absolute Gasteiger partial charge is 0.224 e. The third-order valence-corrected chi connectivity index (χ3v) is 6.91. The van der Waals surface area contributed by atoms with E-state index in [-0.39, 0.29) is 11.8 Å². The van der Waals surface area contributed by atoms with Gasteiger partial charge in [0.25, 0.3) is 0 Å². The number of aliphatic hydroxyl groups is 3. The number of para-hydroxylation sites is 1. The minimum Gasteiger partial charge on any atom is -0.488 e. The lowest BCUT2D eigenvalue weighted by molar-refractivity contribution is -0.116. The van der Waals surface area contributed by atoms with E-state index in [1.165, 1.54) is 0 Å². The number of fused-ring (bicyclic) bond motifs is 2. The van der Waals surface area contributed by atoms with Crippen molar-refractivity contribution in [1.82, 2.24) is 4.90 Å². The van der Waals surface area contributed by atoms with Crippen molar-refractivity contribution in [3.05, 3.63) is 59.7 Å². The molecule has 5 rings (SSSR count). The number of amides is 1. The van der Waals surface area contributed by atoms with Crippen molar-refractivity contribution in [1.29, 1.82) is 0 Å². The summed E-state index contributed by atoms with van der Waals surface area (Å²) >= 11 is 0. The SMILES string of the molecule is O=C1CCc2cc([C@H](O)CN3C[C@H]4C[C@H](Oc5ccccc5)[C@H](O)[C@@]4(O)C3)ccc2N1. The molecule has 0 bridgehead atoms. The van der Waals surface area contributed by atoms with Crippen molar-refractivity contribution in [3.63, 3.8) is 0 Å². The number of carbonyl (C=O) groups is 1. The summed E-state index contributed by atoms with van der Waals surface area (Å²) in [5, 5.41) is 35.6. The summed E-state index contributed by atoms with van der Waals surface area (Å²) in [6.07, 6.45) is -0.441. The van der Waals surface area contributed by atoms with E-state index in [1.807, 2.05) is 53.4 Å². The minimum absolute atomic E-state index is 0.0192. The van der Waals surface area contributed by atoms with Crippen LogP contribution in [-0.2, 0) is 11.2 Å². The summed E-state index contributed by atoms with van der Waals surface area (Å²) in [6.45, 7) is 1.27. The summed E-state index contributed by atoms with van der Waals surface area (Å²) in [5.41, 5.74) is 1.40. The lowest BCUT2D eigenvalue weighted by Gasteiger charge is -2.29. The van der Waals surface area contributed by atoms with Crippen LogP contribution >= 0.6 is 0 Å². The lowest BCUT2D eigenvalue weighted by Crippen LogP contribution is -2.49. The molecule has 2 aromatic carbocycles. The molecule has 7 heteroatoms. The second kappa shape index (κ2) is 7.91. The molecule has 2 fully saturated rings. The van der Waals surface area contributed by atoms with Crippen LogP contribution in [0.1, 0.15) is 30.1 Å². The molecule has 1 saturated carbocycles. The highest BCUT2D eigenvalue weighted by Gasteiger charge is 2.59. The van der Waals surface area contributed by atoms with Crippen LogP contribution in [0, 0.1) is 5.92 Å². The van der Waals surface area contributed by atoms with Gasteiger partial charge in [-0.05, 0) is 42.2 Å². The quantitative estimate of drug-likeness (QED) is 0.580. The van der Waals surface area contributed by atoms with Gasteiger partial charge in [-0.3, -0.25) is 9.69 Å². The molecule has 1 saturated heterocycles. The second-order valence-corrected chi connectivity index (χ2v) is 9.01. The number of rotatable bonds is 5. The van der Waals surface area contributed by atoms with Gasteiger partial charge in [-0.2, -0.15) is 0 Å². The van der Waals surface area contributed by atoms with Crippen molar-refractivity contribution in [2.45, 2.75) is 43.2 Å². The summed E-state index contributed by atoms with van der Waals surface area (Å²) < 4.78 is 5.93. The van der Waals surface area contributed by atoms with E-state index in [9.17, 15) is 20.1 Å². The number of benzene rings is 2. The zero-order chi connectivity index (χ0) is 21.6. The average Bonchev–Trinajstić information content (AvgIpc) is 3.19. The van der Waals surface area contributed by atoms with E-state index in [0.717, 1.165) is 16.8 Å². The topological polar surface area (TPSA) is 102 Å². The number of carbonyl (C=O) groups excluding carboxylic acids is 1. The highest BCUT2D eigenvalue weighted by molar-refractivity contribution is 5.93. The molecule has 7 nitrogen and oxygen atoms in total. The molecule has 0 aromatic heterocycles.